The number of halogens is 1. The van der Waals surface area contributed by atoms with E-state index in [4.69, 9.17) is 4.74 Å². The Labute approximate surface area is 143 Å². The molecule has 0 radical (unpaired) electrons. The van der Waals surface area contributed by atoms with Gasteiger partial charge in [-0.05, 0) is 43.6 Å². The molecule has 1 aliphatic heterocycles. The largest absolute Gasteiger partial charge is 0.385 e. The molecule has 0 aromatic heterocycles. The minimum absolute atomic E-state index is 0.0816. The van der Waals surface area contributed by atoms with Gasteiger partial charge in [0.05, 0.1) is 6.54 Å². The maximum absolute atomic E-state index is 13.0. The molecule has 0 bridgehead atoms. The van der Waals surface area contributed by atoms with E-state index in [0.717, 1.165) is 51.1 Å². The van der Waals surface area contributed by atoms with Gasteiger partial charge in [-0.15, -0.1) is 0 Å². The molecule has 0 aliphatic carbocycles. The highest BCUT2D eigenvalue weighted by atomic mass is 19.1. The molecule has 1 aliphatic rings. The monoisotopic (exact) mass is 337 g/mol. The van der Waals surface area contributed by atoms with Crippen molar-refractivity contribution < 1.29 is 13.9 Å². The molecule has 24 heavy (non-hydrogen) atoms. The number of ether oxygens (including phenoxy) is 1. The van der Waals surface area contributed by atoms with Gasteiger partial charge in [0.2, 0.25) is 5.91 Å². The van der Waals surface area contributed by atoms with E-state index in [1.165, 1.54) is 12.1 Å². The first-order valence-corrected chi connectivity index (χ1v) is 8.62. The summed E-state index contributed by atoms with van der Waals surface area (Å²) in [6.45, 7) is 6.37. The average molecular weight is 337 g/mol. The standard InChI is InChI=1S/C18H28FN3O2/c1-24-13-2-8-20-18(23)15-22-10-3-9-21(11-12-22)14-16-4-6-17(19)7-5-16/h4-7H,2-3,8-15H2,1H3,(H,20,23). The molecule has 1 fully saturated rings. The fourth-order valence-electron chi connectivity index (χ4n) is 2.89. The van der Waals surface area contributed by atoms with Crippen LogP contribution < -0.4 is 5.32 Å². The molecule has 0 saturated carbocycles. The molecule has 2 rings (SSSR count). The van der Waals surface area contributed by atoms with Crippen LogP contribution in [-0.4, -0.2) is 68.7 Å². The zero-order valence-corrected chi connectivity index (χ0v) is 14.5. The van der Waals surface area contributed by atoms with Gasteiger partial charge in [-0.25, -0.2) is 4.39 Å². The minimum Gasteiger partial charge on any atom is -0.385 e. The Bertz CT molecular complexity index is 496. The number of nitrogens with zero attached hydrogens (tertiary/aromatic N) is 2. The first-order chi connectivity index (χ1) is 11.7. The molecule has 134 valence electrons. The molecule has 6 heteroatoms. The van der Waals surface area contributed by atoms with Crippen LogP contribution in [-0.2, 0) is 16.1 Å². The highest BCUT2D eigenvalue weighted by molar-refractivity contribution is 5.77. The fourth-order valence-corrected chi connectivity index (χ4v) is 2.89. The number of hydrogen-bond donors (Lipinski definition) is 1. The number of methoxy groups -OCH3 is 1. The molecule has 1 N–H and O–H groups in total. The quantitative estimate of drug-likeness (QED) is 0.730. The number of carbonyl (C=O) groups excluding carboxylic acids is 1. The van der Waals surface area contributed by atoms with Gasteiger partial charge < -0.3 is 10.1 Å². The number of rotatable bonds is 8. The van der Waals surface area contributed by atoms with Crippen molar-refractivity contribution in [2.24, 2.45) is 0 Å². The van der Waals surface area contributed by atoms with Crippen LogP contribution in [0.5, 0.6) is 0 Å². The van der Waals surface area contributed by atoms with Crippen LogP contribution in [0.3, 0.4) is 0 Å². The smallest absolute Gasteiger partial charge is 0.234 e. The topological polar surface area (TPSA) is 44.8 Å². The van der Waals surface area contributed by atoms with Crippen molar-refractivity contribution in [3.63, 3.8) is 0 Å². The molecule has 1 aromatic carbocycles. The maximum atomic E-state index is 13.0. The average Bonchev–Trinajstić information content (AvgIpc) is 2.79. The molecule has 5 nitrogen and oxygen atoms in total. The third-order valence-corrected chi connectivity index (χ3v) is 4.22. The summed E-state index contributed by atoms with van der Waals surface area (Å²) in [5, 5.41) is 2.93. The lowest BCUT2D eigenvalue weighted by Gasteiger charge is -2.21. The van der Waals surface area contributed by atoms with E-state index in [0.29, 0.717) is 19.7 Å². The molecular formula is C18H28FN3O2. The van der Waals surface area contributed by atoms with Gasteiger partial charge in [0.1, 0.15) is 5.82 Å². The maximum Gasteiger partial charge on any atom is 0.234 e. The number of amides is 1. The molecule has 1 heterocycles. The SMILES string of the molecule is COCCCNC(=O)CN1CCCN(Cc2ccc(F)cc2)CC1. The van der Waals surface area contributed by atoms with E-state index >= 15 is 0 Å². The van der Waals surface area contributed by atoms with Crippen LogP contribution in [0.1, 0.15) is 18.4 Å². The number of hydrogen-bond acceptors (Lipinski definition) is 4. The lowest BCUT2D eigenvalue weighted by molar-refractivity contribution is -0.122. The van der Waals surface area contributed by atoms with Crippen LogP contribution in [0.2, 0.25) is 0 Å². The Morgan fingerprint density at radius 1 is 1.17 bits per heavy atom. The summed E-state index contributed by atoms with van der Waals surface area (Å²) in [7, 11) is 1.66. The Balaban J connectivity index is 1.70. The van der Waals surface area contributed by atoms with Gasteiger partial charge in [-0.3, -0.25) is 14.6 Å². The zero-order chi connectivity index (χ0) is 17.2. The Hall–Kier alpha value is -1.50. The Morgan fingerprint density at radius 2 is 1.88 bits per heavy atom. The second-order valence-corrected chi connectivity index (χ2v) is 6.23. The number of carbonyl (C=O) groups is 1. The highest BCUT2D eigenvalue weighted by Gasteiger charge is 2.17. The summed E-state index contributed by atoms with van der Waals surface area (Å²) in [6.07, 6.45) is 1.88. The van der Waals surface area contributed by atoms with Crippen LogP contribution >= 0.6 is 0 Å². The summed E-state index contributed by atoms with van der Waals surface area (Å²) < 4.78 is 17.9. The van der Waals surface area contributed by atoms with Gasteiger partial charge in [0.25, 0.3) is 0 Å². The third kappa shape index (κ3) is 6.95. The summed E-state index contributed by atoms with van der Waals surface area (Å²) in [5.74, 6) is -0.115. The predicted molar refractivity (Wildman–Crippen MR) is 92.2 cm³/mol. The van der Waals surface area contributed by atoms with Crippen molar-refractivity contribution in [2.75, 3.05) is 53.0 Å². The van der Waals surface area contributed by atoms with E-state index in [-0.39, 0.29) is 11.7 Å². The fraction of sp³-hybridized carbons (Fsp3) is 0.611. The van der Waals surface area contributed by atoms with Crippen molar-refractivity contribution in [2.45, 2.75) is 19.4 Å². The lowest BCUT2D eigenvalue weighted by atomic mass is 10.2. The molecular weight excluding hydrogens is 309 g/mol. The van der Waals surface area contributed by atoms with Gasteiger partial charge in [0.15, 0.2) is 0 Å². The Kier molecular flexibility index (Phi) is 8.15. The van der Waals surface area contributed by atoms with Crippen molar-refractivity contribution in [1.82, 2.24) is 15.1 Å². The second kappa shape index (κ2) is 10.4. The van der Waals surface area contributed by atoms with Gasteiger partial charge in [0, 0.05) is 39.9 Å². The molecule has 0 atom stereocenters. The van der Waals surface area contributed by atoms with Crippen molar-refractivity contribution >= 4 is 5.91 Å². The molecule has 0 unspecified atom stereocenters. The predicted octanol–water partition coefficient (Wildman–Crippen LogP) is 1.49. The van der Waals surface area contributed by atoms with Crippen molar-refractivity contribution in [3.05, 3.63) is 35.6 Å². The summed E-state index contributed by atoms with van der Waals surface area (Å²) in [4.78, 5) is 16.5. The summed E-state index contributed by atoms with van der Waals surface area (Å²) in [6, 6.07) is 6.69. The molecule has 1 aromatic rings. The minimum atomic E-state index is -0.197. The number of nitrogens with one attached hydrogen (secondary N) is 1. The van der Waals surface area contributed by atoms with Crippen molar-refractivity contribution in [3.8, 4) is 0 Å². The van der Waals surface area contributed by atoms with Crippen LogP contribution in [0.25, 0.3) is 0 Å². The van der Waals surface area contributed by atoms with E-state index in [1.54, 1.807) is 7.11 Å². The Morgan fingerprint density at radius 3 is 2.62 bits per heavy atom. The molecule has 1 amide bonds. The van der Waals surface area contributed by atoms with E-state index in [9.17, 15) is 9.18 Å². The first-order valence-electron chi connectivity index (χ1n) is 8.62. The zero-order valence-electron chi connectivity index (χ0n) is 14.5. The van der Waals surface area contributed by atoms with Crippen LogP contribution in [0, 0.1) is 5.82 Å². The second-order valence-electron chi connectivity index (χ2n) is 6.23. The summed E-state index contributed by atoms with van der Waals surface area (Å²) in [5.41, 5.74) is 1.13. The van der Waals surface area contributed by atoms with Gasteiger partial charge in [-0.2, -0.15) is 0 Å². The van der Waals surface area contributed by atoms with Crippen LogP contribution in [0.4, 0.5) is 4.39 Å². The van der Waals surface area contributed by atoms with E-state index in [1.807, 2.05) is 12.1 Å². The van der Waals surface area contributed by atoms with Gasteiger partial charge >= 0.3 is 0 Å². The van der Waals surface area contributed by atoms with Crippen molar-refractivity contribution in [1.29, 1.82) is 0 Å². The van der Waals surface area contributed by atoms with Crippen LogP contribution in [0.15, 0.2) is 24.3 Å². The van der Waals surface area contributed by atoms with Gasteiger partial charge in [-0.1, -0.05) is 12.1 Å². The normalized spacial score (nSPS) is 16.8. The lowest BCUT2D eigenvalue weighted by Crippen LogP contribution is -2.39. The first kappa shape index (κ1) is 18.8. The molecule has 1 saturated heterocycles. The summed E-state index contributed by atoms with van der Waals surface area (Å²) >= 11 is 0. The molecule has 0 spiro atoms. The highest BCUT2D eigenvalue weighted by Crippen LogP contribution is 2.10. The number of benzene rings is 1. The van der Waals surface area contributed by atoms with E-state index in [2.05, 4.69) is 15.1 Å². The third-order valence-electron chi connectivity index (χ3n) is 4.22. The van der Waals surface area contributed by atoms with E-state index < -0.39 is 0 Å².